The van der Waals surface area contributed by atoms with E-state index in [0.717, 1.165) is 11.4 Å². The third-order valence-electron chi connectivity index (χ3n) is 3.98. The van der Waals surface area contributed by atoms with E-state index < -0.39 is 5.97 Å². The molecule has 0 bridgehead atoms. The first kappa shape index (κ1) is 15.2. The summed E-state index contributed by atoms with van der Waals surface area (Å²) in [6.45, 7) is 2.02. The average Bonchev–Trinajstić information content (AvgIpc) is 2.61. The third-order valence-corrected chi connectivity index (χ3v) is 3.98. The molecule has 0 aliphatic carbocycles. The Balaban J connectivity index is 1.60. The van der Waals surface area contributed by atoms with E-state index in [1.54, 1.807) is 18.6 Å². The normalized spacial score (nSPS) is 15.4. The topological polar surface area (TPSA) is 91.2 Å². The van der Waals surface area contributed by atoms with Gasteiger partial charge in [-0.2, -0.15) is 4.98 Å². The monoisotopic (exact) mass is 313 g/mol. The molecular weight excluding hydrogens is 294 g/mol. The largest absolute Gasteiger partial charge is 0.481 e. The van der Waals surface area contributed by atoms with Gasteiger partial charge in [0.05, 0.1) is 5.92 Å². The van der Waals surface area contributed by atoms with E-state index in [9.17, 15) is 4.79 Å². The number of pyridine rings is 1. The second kappa shape index (κ2) is 7.04. The van der Waals surface area contributed by atoms with Crippen LogP contribution in [0.1, 0.15) is 18.4 Å². The van der Waals surface area contributed by atoms with Crippen molar-refractivity contribution in [3.63, 3.8) is 0 Å². The van der Waals surface area contributed by atoms with Gasteiger partial charge in [0.2, 0.25) is 5.95 Å². The lowest BCUT2D eigenvalue weighted by atomic mass is 9.97. The molecule has 7 heteroatoms. The highest BCUT2D eigenvalue weighted by atomic mass is 16.4. The zero-order valence-corrected chi connectivity index (χ0v) is 12.7. The molecule has 0 radical (unpaired) electrons. The molecule has 0 saturated carbocycles. The van der Waals surface area contributed by atoms with Crippen molar-refractivity contribution in [3.8, 4) is 0 Å². The van der Waals surface area contributed by atoms with Crippen LogP contribution in [0.2, 0.25) is 0 Å². The Labute approximate surface area is 134 Å². The van der Waals surface area contributed by atoms with Crippen molar-refractivity contribution < 1.29 is 9.90 Å². The number of aliphatic carboxylic acids is 1. The van der Waals surface area contributed by atoms with Crippen LogP contribution in [0.4, 0.5) is 11.8 Å². The van der Waals surface area contributed by atoms with Gasteiger partial charge in [-0.25, -0.2) is 4.98 Å². The first-order valence-electron chi connectivity index (χ1n) is 7.66. The molecule has 23 heavy (non-hydrogen) atoms. The highest BCUT2D eigenvalue weighted by molar-refractivity contribution is 5.70. The molecule has 7 nitrogen and oxygen atoms in total. The number of anilines is 2. The van der Waals surface area contributed by atoms with E-state index >= 15 is 0 Å². The van der Waals surface area contributed by atoms with Crippen LogP contribution in [0.15, 0.2) is 36.8 Å². The van der Waals surface area contributed by atoms with Gasteiger partial charge in [-0.05, 0) is 30.5 Å². The van der Waals surface area contributed by atoms with Crippen molar-refractivity contribution in [2.24, 2.45) is 5.92 Å². The predicted octanol–water partition coefficient (Wildman–Crippen LogP) is 1.78. The smallest absolute Gasteiger partial charge is 0.306 e. The van der Waals surface area contributed by atoms with E-state index in [1.165, 1.54) is 0 Å². The number of aromatic nitrogens is 3. The number of carboxylic acid groups (broad SMARTS) is 1. The predicted molar refractivity (Wildman–Crippen MR) is 86.2 cm³/mol. The number of carboxylic acids is 1. The highest BCUT2D eigenvalue weighted by Gasteiger charge is 2.25. The lowest BCUT2D eigenvalue weighted by Gasteiger charge is -2.31. The van der Waals surface area contributed by atoms with Crippen LogP contribution in [-0.4, -0.2) is 39.1 Å². The maximum Gasteiger partial charge on any atom is 0.306 e. The molecule has 1 aliphatic rings. The number of hydrogen-bond donors (Lipinski definition) is 2. The van der Waals surface area contributed by atoms with Gasteiger partial charge in [-0.3, -0.25) is 9.78 Å². The fourth-order valence-corrected chi connectivity index (χ4v) is 2.65. The second-order valence-corrected chi connectivity index (χ2v) is 5.55. The molecular formula is C16H19N5O2. The van der Waals surface area contributed by atoms with Gasteiger partial charge in [-0.15, -0.1) is 0 Å². The van der Waals surface area contributed by atoms with Gasteiger partial charge in [0.25, 0.3) is 0 Å². The molecule has 3 rings (SSSR count). The summed E-state index contributed by atoms with van der Waals surface area (Å²) in [6.07, 6.45) is 6.56. The first-order valence-corrected chi connectivity index (χ1v) is 7.66. The van der Waals surface area contributed by atoms with E-state index in [2.05, 4.69) is 25.2 Å². The van der Waals surface area contributed by atoms with Gasteiger partial charge in [0.1, 0.15) is 5.82 Å². The molecule has 1 saturated heterocycles. The fourth-order valence-electron chi connectivity index (χ4n) is 2.65. The van der Waals surface area contributed by atoms with Crippen LogP contribution in [-0.2, 0) is 11.3 Å². The van der Waals surface area contributed by atoms with Crippen molar-refractivity contribution in [1.29, 1.82) is 0 Å². The van der Waals surface area contributed by atoms with Gasteiger partial charge >= 0.3 is 5.97 Å². The Morgan fingerprint density at radius 1 is 1.30 bits per heavy atom. The number of piperidine rings is 1. The molecule has 0 amide bonds. The van der Waals surface area contributed by atoms with Crippen LogP contribution in [0.3, 0.4) is 0 Å². The van der Waals surface area contributed by atoms with Gasteiger partial charge in [0.15, 0.2) is 0 Å². The van der Waals surface area contributed by atoms with Crippen molar-refractivity contribution in [1.82, 2.24) is 15.0 Å². The maximum atomic E-state index is 11.0. The second-order valence-electron chi connectivity index (χ2n) is 5.55. The minimum absolute atomic E-state index is 0.240. The SMILES string of the molecule is O=C(O)C1CCN(c2ccnc(NCc3cccnc3)n2)CC1. The standard InChI is InChI=1S/C16H19N5O2/c22-15(23)13-4-8-21(9-5-13)14-3-7-18-16(20-14)19-11-12-2-1-6-17-10-12/h1-3,6-7,10,13H,4-5,8-9,11H2,(H,22,23)(H,18,19,20). The zero-order valence-electron chi connectivity index (χ0n) is 12.7. The number of nitrogens with one attached hydrogen (secondary N) is 1. The summed E-state index contributed by atoms with van der Waals surface area (Å²) in [5.74, 6) is 0.451. The number of carbonyl (C=O) groups is 1. The van der Waals surface area contributed by atoms with Gasteiger partial charge in [-0.1, -0.05) is 6.07 Å². The summed E-state index contributed by atoms with van der Waals surface area (Å²) in [7, 11) is 0. The lowest BCUT2D eigenvalue weighted by molar-refractivity contribution is -0.142. The minimum Gasteiger partial charge on any atom is -0.481 e. The Bertz CT molecular complexity index is 657. The average molecular weight is 313 g/mol. The third kappa shape index (κ3) is 3.94. The molecule has 2 N–H and O–H groups in total. The quantitative estimate of drug-likeness (QED) is 0.869. The van der Waals surface area contributed by atoms with Crippen LogP contribution in [0, 0.1) is 5.92 Å². The first-order chi connectivity index (χ1) is 11.2. The van der Waals surface area contributed by atoms with Crippen molar-refractivity contribution >= 4 is 17.7 Å². The summed E-state index contributed by atoms with van der Waals surface area (Å²) < 4.78 is 0. The summed E-state index contributed by atoms with van der Waals surface area (Å²) in [5.41, 5.74) is 1.06. The number of rotatable bonds is 5. The Morgan fingerprint density at radius 2 is 2.13 bits per heavy atom. The van der Waals surface area contributed by atoms with Crippen LogP contribution in [0.25, 0.3) is 0 Å². The molecule has 120 valence electrons. The van der Waals surface area contributed by atoms with E-state index in [1.807, 2.05) is 18.2 Å². The van der Waals surface area contributed by atoms with E-state index in [4.69, 9.17) is 5.11 Å². The van der Waals surface area contributed by atoms with Crippen LogP contribution >= 0.6 is 0 Å². The minimum atomic E-state index is -0.703. The molecule has 3 heterocycles. The highest BCUT2D eigenvalue weighted by Crippen LogP contribution is 2.22. The zero-order chi connectivity index (χ0) is 16.1. The molecule has 2 aromatic heterocycles. The molecule has 1 aliphatic heterocycles. The summed E-state index contributed by atoms with van der Waals surface area (Å²) >= 11 is 0. The summed E-state index contributed by atoms with van der Waals surface area (Å²) in [5, 5.41) is 12.2. The van der Waals surface area contributed by atoms with E-state index in [0.29, 0.717) is 38.4 Å². The van der Waals surface area contributed by atoms with E-state index in [-0.39, 0.29) is 5.92 Å². The fraction of sp³-hybridized carbons (Fsp3) is 0.375. The van der Waals surface area contributed by atoms with Crippen LogP contribution < -0.4 is 10.2 Å². The summed E-state index contributed by atoms with van der Waals surface area (Å²) in [6, 6.07) is 5.73. The number of nitrogens with zero attached hydrogens (tertiary/aromatic N) is 4. The van der Waals surface area contributed by atoms with Crippen LogP contribution in [0.5, 0.6) is 0 Å². The van der Waals surface area contributed by atoms with Crippen molar-refractivity contribution in [2.75, 3.05) is 23.3 Å². The van der Waals surface area contributed by atoms with Crippen molar-refractivity contribution in [2.45, 2.75) is 19.4 Å². The molecule has 0 spiro atoms. The molecule has 2 aromatic rings. The lowest BCUT2D eigenvalue weighted by Crippen LogP contribution is -2.36. The molecule has 0 aromatic carbocycles. The number of hydrogen-bond acceptors (Lipinski definition) is 6. The van der Waals surface area contributed by atoms with Gasteiger partial charge in [0, 0.05) is 38.2 Å². The maximum absolute atomic E-state index is 11.0. The molecule has 0 atom stereocenters. The molecule has 1 fully saturated rings. The Hall–Kier alpha value is -2.70. The van der Waals surface area contributed by atoms with Gasteiger partial charge < -0.3 is 15.3 Å². The summed E-state index contributed by atoms with van der Waals surface area (Å²) in [4.78, 5) is 25.9. The Morgan fingerprint density at radius 3 is 2.83 bits per heavy atom. The molecule has 0 unspecified atom stereocenters. The Kier molecular flexibility index (Phi) is 4.65. The van der Waals surface area contributed by atoms with Crippen molar-refractivity contribution in [3.05, 3.63) is 42.4 Å².